The van der Waals surface area contributed by atoms with Crippen LogP contribution in [0.3, 0.4) is 0 Å². The van der Waals surface area contributed by atoms with Crippen molar-refractivity contribution in [3.63, 3.8) is 0 Å². The maximum Gasteiger partial charge on any atom is 0.0621 e. The van der Waals surface area contributed by atoms with Crippen LogP contribution in [0.25, 0.3) is 0 Å². The molecule has 1 aromatic heterocycles. The quantitative estimate of drug-likeness (QED) is 0.879. The molecule has 0 radical (unpaired) electrons. The Balaban J connectivity index is 2.15. The van der Waals surface area contributed by atoms with Crippen molar-refractivity contribution in [2.24, 2.45) is 5.41 Å². The molecule has 0 atom stereocenters. The fraction of sp³-hybridized carbons (Fsp3) is 0.615. The standard InChI is InChI=1S/C13H18ClNO/c14-12-9-15-7-4-11(12)8-13(10-16)5-2-1-3-6-13/h4,7,9,16H,1-3,5-6,8,10H2. The number of nitrogens with zero attached hydrogens (tertiary/aromatic N) is 1. The van der Waals surface area contributed by atoms with Gasteiger partial charge < -0.3 is 5.11 Å². The molecule has 0 amide bonds. The first kappa shape index (κ1) is 11.9. The Hall–Kier alpha value is -0.600. The highest BCUT2D eigenvalue weighted by Gasteiger charge is 2.31. The number of aliphatic hydroxyl groups excluding tert-OH is 1. The number of pyridine rings is 1. The van der Waals surface area contributed by atoms with Gasteiger partial charge in [0.25, 0.3) is 0 Å². The summed E-state index contributed by atoms with van der Waals surface area (Å²) in [6, 6.07) is 1.97. The van der Waals surface area contributed by atoms with Crippen LogP contribution in [0.2, 0.25) is 5.02 Å². The number of hydrogen-bond donors (Lipinski definition) is 1. The minimum Gasteiger partial charge on any atom is -0.396 e. The van der Waals surface area contributed by atoms with E-state index in [9.17, 15) is 5.11 Å². The number of halogens is 1. The second-order valence-electron chi connectivity index (χ2n) is 4.86. The van der Waals surface area contributed by atoms with Gasteiger partial charge in [-0.2, -0.15) is 0 Å². The van der Waals surface area contributed by atoms with Crippen LogP contribution in [0.15, 0.2) is 18.5 Å². The normalized spacial score (nSPS) is 19.6. The van der Waals surface area contributed by atoms with Crippen LogP contribution >= 0.6 is 11.6 Å². The SMILES string of the molecule is OCC1(Cc2ccncc2Cl)CCCCC1. The van der Waals surface area contributed by atoms with E-state index in [-0.39, 0.29) is 12.0 Å². The third-order valence-electron chi connectivity index (χ3n) is 3.67. The first-order chi connectivity index (χ1) is 7.76. The Morgan fingerprint density at radius 2 is 2.06 bits per heavy atom. The van der Waals surface area contributed by atoms with Crippen LogP contribution in [0, 0.1) is 5.41 Å². The van der Waals surface area contributed by atoms with Crippen LogP contribution in [0.4, 0.5) is 0 Å². The molecule has 3 heteroatoms. The Labute approximate surface area is 102 Å². The zero-order valence-corrected chi connectivity index (χ0v) is 10.2. The van der Waals surface area contributed by atoms with E-state index in [1.807, 2.05) is 6.07 Å². The van der Waals surface area contributed by atoms with Gasteiger partial charge in [0.1, 0.15) is 0 Å². The van der Waals surface area contributed by atoms with Crippen LogP contribution in [0.5, 0.6) is 0 Å². The molecule has 1 aliphatic rings. The summed E-state index contributed by atoms with van der Waals surface area (Å²) in [6.45, 7) is 0.269. The highest BCUT2D eigenvalue weighted by atomic mass is 35.5. The van der Waals surface area contributed by atoms with E-state index in [4.69, 9.17) is 11.6 Å². The first-order valence-corrected chi connectivity index (χ1v) is 6.33. The molecule has 0 spiro atoms. The van der Waals surface area contributed by atoms with E-state index in [1.165, 1.54) is 19.3 Å². The molecular weight excluding hydrogens is 222 g/mol. The largest absolute Gasteiger partial charge is 0.396 e. The maximum absolute atomic E-state index is 9.64. The summed E-state index contributed by atoms with van der Waals surface area (Å²) in [5.41, 5.74) is 1.18. The molecule has 1 fully saturated rings. The molecule has 0 bridgehead atoms. The van der Waals surface area contributed by atoms with E-state index in [2.05, 4.69) is 4.98 Å². The predicted molar refractivity (Wildman–Crippen MR) is 65.6 cm³/mol. The summed E-state index contributed by atoms with van der Waals surface area (Å²) in [5, 5.41) is 10.4. The van der Waals surface area contributed by atoms with Gasteiger partial charge in [0, 0.05) is 19.0 Å². The predicted octanol–water partition coefficient (Wildman–Crippen LogP) is 3.22. The molecule has 16 heavy (non-hydrogen) atoms. The van der Waals surface area contributed by atoms with Crippen molar-refractivity contribution in [3.05, 3.63) is 29.0 Å². The zero-order valence-electron chi connectivity index (χ0n) is 9.45. The van der Waals surface area contributed by atoms with Crippen LogP contribution in [-0.4, -0.2) is 16.7 Å². The minimum absolute atomic E-state index is 0.0588. The van der Waals surface area contributed by atoms with E-state index in [1.54, 1.807) is 12.4 Å². The molecule has 0 saturated heterocycles. The molecule has 1 aromatic rings. The topological polar surface area (TPSA) is 33.1 Å². The van der Waals surface area contributed by atoms with Crippen molar-refractivity contribution in [3.8, 4) is 0 Å². The van der Waals surface area contributed by atoms with E-state index < -0.39 is 0 Å². The van der Waals surface area contributed by atoms with Gasteiger partial charge in [-0.1, -0.05) is 30.9 Å². The zero-order chi connectivity index (χ0) is 11.4. The Kier molecular flexibility index (Phi) is 3.82. The van der Waals surface area contributed by atoms with E-state index in [0.717, 1.165) is 29.8 Å². The molecule has 88 valence electrons. The van der Waals surface area contributed by atoms with Gasteiger partial charge in [-0.25, -0.2) is 0 Å². The second kappa shape index (κ2) is 5.15. The van der Waals surface area contributed by atoms with Gasteiger partial charge in [0.15, 0.2) is 0 Å². The van der Waals surface area contributed by atoms with Crippen molar-refractivity contribution in [1.82, 2.24) is 4.98 Å². The van der Waals surface area contributed by atoms with E-state index >= 15 is 0 Å². The minimum atomic E-state index is 0.0588. The van der Waals surface area contributed by atoms with Crippen molar-refractivity contribution in [2.45, 2.75) is 38.5 Å². The monoisotopic (exact) mass is 239 g/mol. The molecule has 0 aliphatic heterocycles. The van der Waals surface area contributed by atoms with Crippen molar-refractivity contribution >= 4 is 11.6 Å². The number of aromatic nitrogens is 1. The molecule has 2 nitrogen and oxygen atoms in total. The average Bonchev–Trinajstić information content (AvgIpc) is 2.33. The maximum atomic E-state index is 9.64. The highest BCUT2D eigenvalue weighted by molar-refractivity contribution is 6.31. The summed E-state index contributed by atoms with van der Waals surface area (Å²) in [6.07, 6.45) is 10.3. The van der Waals surface area contributed by atoms with Gasteiger partial charge in [-0.05, 0) is 36.3 Å². The number of hydrogen-bond acceptors (Lipinski definition) is 2. The van der Waals surface area contributed by atoms with Crippen molar-refractivity contribution < 1.29 is 5.11 Å². The summed E-state index contributed by atoms with van der Waals surface area (Å²) in [4.78, 5) is 3.99. The van der Waals surface area contributed by atoms with E-state index in [0.29, 0.717) is 0 Å². The molecule has 0 aromatic carbocycles. The average molecular weight is 240 g/mol. The number of aliphatic hydroxyl groups is 1. The smallest absolute Gasteiger partial charge is 0.0621 e. The van der Waals surface area contributed by atoms with Crippen LogP contribution < -0.4 is 0 Å². The van der Waals surface area contributed by atoms with Crippen LogP contribution in [0.1, 0.15) is 37.7 Å². The molecule has 1 heterocycles. The van der Waals surface area contributed by atoms with Crippen LogP contribution in [-0.2, 0) is 6.42 Å². The third kappa shape index (κ3) is 2.55. The molecule has 0 unspecified atom stereocenters. The lowest BCUT2D eigenvalue weighted by atomic mass is 9.71. The van der Waals surface area contributed by atoms with Gasteiger partial charge in [-0.15, -0.1) is 0 Å². The summed E-state index contributed by atoms with van der Waals surface area (Å²) in [5.74, 6) is 0. The summed E-state index contributed by atoms with van der Waals surface area (Å²) >= 11 is 6.12. The fourth-order valence-corrected chi connectivity index (χ4v) is 2.83. The molecule has 1 N–H and O–H groups in total. The lowest BCUT2D eigenvalue weighted by molar-refractivity contribution is 0.0823. The lowest BCUT2D eigenvalue weighted by Gasteiger charge is -2.36. The van der Waals surface area contributed by atoms with Gasteiger partial charge in [0.2, 0.25) is 0 Å². The van der Waals surface area contributed by atoms with Gasteiger partial charge in [-0.3, -0.25) is 4.98 Å². The molecular formula is C13H18ClNO. The van der Waals surface area contributed by atoms with Crippen molar-refractivity contribution in [2.75, 3.05) is 6.61 Å². The Bertz CT molecular complexity index is 348. The molecule has 1 aliphatic carbocycles. The molecule has 2 rings (SSSR count). The summed E-state index contributed by atoms with van der Waals surface area (Å²) < 4.78 is 0. The summed E-state index contributed by atoms with van der Waals surface area (Å²) in [7, 11) is 0. The first-order valence-electron chi connectivity index (χ1n) is 5.95. The lowest BCUT2D eigenvalue weighted by Crippen LogP contribution is -2.30. The van der Waals surface area contributed by atoms with Gasteiger partial charge in [0.05, 0.1) is 5.02 Å². The fourth-order valence-electron chi connectivity index (χ4n) is 2.64. The number of rotatable bonds is 3. The highest BCUT2D eigenvalue weighted by Crippen LogP contribution is 2.39. The van der Waals surface area contributed by atoms with Crippen molar-refractivity contribution in [1.29, 1.82) is 0 Å². The molecule has 1 saturated carbocycles. The Morgan fingerprint density at radius 1 is 1.31 bits per heavy atom. The Morgan fingerprint density at radius 3 is 2.69 bits per heavy atom. The third-order valence-corrected chi connectivity index (χ3v) is 4.01. The second-order valence-corrected chi connectivity index (χ2v) is 5.27. The van der Waals surface area contributed by atoms with Gasteiger partial charge >= 0.3 is 0 Å².